The summed E-state index contributed by atoms with van der Waals surface area (Å²) in [5.41, 5.74) is -1.18. The van der Waals surface area contributed by atoms with Crippen LogP contribution in [0.15, 0.2) is 24.4 Å². The van der Waals surface area contributed by atoms with E-state index in [1.807, 2.05) is 0 Å². The van der Waals surface area contributed by atoms with E-state index in [4.69, 9.17) is 0 Å². The Bertz CT molecular complexity index is 1390. The smallest absolute Gasteiger partial charge is 0.257 e. The number of alkyl halides is 2. The van der Waals surface area contributed by atoms with Crippen LogP contribution in [0.3, 0.4) is 0 Å². The average Bonchev–Trinajstić information content (AvgIpc) is 3.25. The lowest BCUT2D eigenvalue weighted by Gasteiger charge is -2.34. The molecule has 0 saturated heterocycles. The monoisotopic (exact) mass is 448 g/mol. The van der Waals surface area contributed by atoms with Gasteiger partial charge in [-0.15, -0.1) is 10.2 Å². The fourth-order valence-electron chi connectivity index (χ4n) is 4.22. The van der Waals surface area contributed by atoms with Crippen molar-refractivity contribution in [2.45, 2.75) is 39.3 Å². The summed E-state index contributed by atoms with van der Waals surface area (Å²) in [5, 5.41) is 15.2. The molecule has 0 aliphatic carbocycles. The van der Waals surface area contributed by atoms with Crippen molar-refractivity contribution in [3.8, 4) is 16.8 Å². The highest BCUT2D eigenvalue weighted by Gasteiger charge is 2.37. The number of nitrogens with zero attached hydrogens (tertiary/aromatic N) is 5. The van der Waals surface area contributed by atoms with Crippen molar-refractivity contribution in [2.24, 2.45) is 0 Å². The predicted molar refractivity (Wildman–Crippen MR) is 107 cm³/mol. The molecule has 0 atom stereocenters. The van der Waals surface area contributed by atoms with Crippen molar-refractivity contribution in [3.63, 3.8) is 0 Å². The predicted octanol–water partition coefficient (Wildman–Crippen LogP) is 4.94. The molecule has 1 N–H and O–H groups in total. The highest BCUT2D eigenvalue weighted by molar-refractivity contribution is 5.96. The van der Waals surface area contributed by atoms with E-state index >= 15 is 8.78 Å². The van der Waals surface area contributed by atoms with E-state index in [1.54, 1.807) is 20.8 Å². The van der Waals surface area contributed by atoms with Crippen molar-refractivity contribution in [1.82, 2.24) is 24.5 Å². The van der Waals surface area contributed by atoms with Crippen LogP contribution in [0.25, 0.3) is 27.7 Å². The van der Waals surface area contributed by atoms with Crippen LogP contribution in [0.4, 0.5) is 27.6 Å². The topological polar surface area (TPSA) is 60.6 Å². The zero-order valence-corrected chi connectivity index (χ0v) is 17.2. The van der Waals surface area contributed by atoms with Gasteiger partial charge in [-0.05, 0) is 32.9 Å². The number of hydrogen-bond acceptors (Lipinski definition) is 4. The largest absolute Gasteiger partial charge is 0.371 e. The maximum atomic E-state index is 15.9. The van der Waals surface area contributed by atoms with Crippen LogP contribution in [-0.2, 0) is 12.1 Å². The quantitative estimate of drug-likeness (QED) is 0.452. The van der Waals surface area contributed by atoms with Gasteiger partial charge in [-0.2, -0.15) is 5.10 Å². The summed E-state index contributed by atoms with van der Waals surface area (Å²) < 4.78 is 73.8. The number of halogens is 5. The van der Waals surface area contributed by atoms with Crippen molar-refractivity contribution in [2.75, 3.05) is 5.32 Å². The molecular formula is C21H17F5N6. The molecule has 0 fully saturated rings. The number of aromatic nitrogens is 5. The van der Waals surface area contributed by atoms with Gasteiger partial charge in [0.25, 0.3) is 6.43 Å². The number of fused-ring (bicyclic) bond motifs is 4. The van der Waals surface area contributed by atoms with Gasteiger partial charge in [0.1, 0.15) is 29.7 Å². The van der Waals surface area contributed by atoms with Gasteiger partial charge < -0.3 is 5.32 Å². The molecule has 0 unspecified atom stereocenters. The van der Waals surface area contributed by atoms with Gasteiger partial charge in [-0.3, -0.25) is 9.25 Å². The van der Waals surface area contributed by atoms with Crippen molar-refractivity contribution < 1.29 is 22.0 Å². The third-order valence-corrected chi connectivity index (χ3v) is 5.55. The zero-order valence-electron chi connectivity index (χ0n) is 17.2. The van der Waals surface area contributed by atoms with Crippen LogP contribution in [0.2, 0.25) is 0 Å². The zero-order chi connectivity index (χ0) is 22.9. The molecule has 0 spiro atoms. The Balaban J connectivity index is 1.80. The summed E-state index contributed by atoms with van der Waals surface area (Å²) in [4.78, 5) is 0. The number of nitrogens with one attached hydrogen (secondary N) is 1. The van der Waals surface area contributed by atoms with Crippen LogP contribution in [-0.4, -0.2) is 31.0 Å². The molecule has 5 rings (SSSR count). The summed E-state index contributed by atoms with van der Waals surface area (Å²) >= 11 is 0. The maximum absolute atomic E-state index is 15.9. The van der Waals surface area contributed by atoms with E-state index in [0.717, 1.165) is 22.9 Å². The standard InChI is InChI=1S/C21H17F5N6/c1-9-29-30-20-21(2,3)28-14-6-13(23)17(18(26)19(14)32(9)20)11-4-10(22)5-15-12(11)7-27-31(15)8-16(24)25/h4-7,16,28H,8H2,1-3H3. The molecule has 0 saturated carbocycles. The lowest BCUT2D eigenvalue weighted by Crippen LogP contribution is -2.36. The highest BCUT2D eigenvalue weighted by atomic mass is 19.3. The van der Waals surface area contributed by atoms with Crippen LogP contribution < -0.4 is 5.32 Å². The van der Waals surface area contributed by atoms with Gasteiger partial charge in [0.2, 0.25) is 0 Å². The van der Waals surface area contributed by atoms with Crippen LogP contribution in [0, 0.1) is 24.4 Å². The Labute approximate surface area is 178 Å². The van der Waals surface area contributed by atoms with Crippen molar-refractivity contribution >= 4 is 16.6 Å². The molecular weight excluding hydrogens is 431 g/mol. The molecule has 0 bridgehead atoms. The summed E-state index contributed by atoms with van der Waals surface area (Å²) in [6.07, 6.45) is -1.53. The van der Waals surface area contributed by atoms with Gasteiger partial charge in [-0.1, -0.05) is 0 Å². The molecule has 166 valence electrons. The molecule has 1 aliphatic rings. The Morgan fingerprint density at radius 3 is 2.56 bits per heavy atom. The minimum atomic E-state index is -2.73. The third-order valence-electron chi connectivity index (χ3n) is 5.55. The first-order valence-corrected chi connectivity index (χ1v) is 9.75. The molecule has 1 aliphatic heterocycles. The lowest BCUT2D eigenvalue weighted by atomic mass is 9.95. The summed E-state index contributed by atoms with van der Waals surface area (Å²) in [6.45, 7) is 4.46. The van der Waals surface area contributed by atoms with Gasteiger partial charge in [-0.25, -0.2) is 22.0 Å². The number of anilines is 1. The number of rotatable bonds is 3. The minimum Gasteiger partial charge on any atom is -0.371 e. The van der Waals surface area contributed by atoms with Crippen LogP contribution in [0.5, 0.6) is 0 Å². The summed E-state index contributed by atoms with van der Waals surface area (Å²) in [5.74, 6) is -1.91. The van der Waals surface area contributed by atoms with E-state index in [9.17, 15) is 13.2 Å². The molecule has 0 radical (unpaired) electrons. The first-order chi connectivity index (χ1) is 15.1. The summed E-state index contributed by atoms with van der Waals surface area (Å²) in [6, 6.07) is 3.09. The van der Waals surface area contributed by atoms with E-state index in [1.165, 1.54) is 10.8 Å². The van der Waals surface area contributed by atoms with E-state index in [-0.39, 0.29) is 27.8 Å². The third kappa shape index (κ3) is 2.87. The molecule has 2 aromatic carbocycles. The molecule has 4 aromatic rings. The fourth-order valence-corrected chi connectivity index (χ4v) is 4.22. The maximum Gasteiger partial charge on any atom is 0.257 e. The van der Waals surface area contributed by atoms with Gasteiger partial charge in [0.05, 0.1) is 28.5 Å². The molecule has 3 heterocycles. The molecule has 2 aromatic heterocycles. The average molecular weight is 448 g/mol. The van der Waals surface area contributed by atoms with E-state index < -0.39 is 41.5 Å². The Kier molecular flexibility index (Phi) is 4.30. The Morgan fingerprint density at radius 2 is 1.84 bits per heavy atom. The first-order valence-electron chi connectivity index (χ1n) is 9.75. The van der Waals surface area contributed by atoms with Crippen LogP contribution >= 0.6 is 0 Å². The van der Waals surface area contributed by atoms with Gasteiger partial charge >= 0.3 is 0 Å². The van der Waals surface area contributed by atoms with Gasteiger partial charge in [0, 0.05) is 17.0 Å². The first kappa shape index (κ1) is 20.4. The second-order valence-electron chi connectivity index (χ2n) is 8.20. The van der Waals surface area contributed by atoms with Crippen molar-refractivity contribution in [1.29, 1.82) is 0 Å². The number of hydrogen-bond donors (Lipinski definition) is 1. The minimum absolute atomic E-state index is 0.00407. The highest BCUT2D eigenvalue weighted by Crippen LogP contribution is 2.43. The van der Waals surface area contributed by atoms with Crippen LogP contribution in [0.1, 0.15) is 25.5 Å². The second kappa shape index (κ2) is 6.75. The fraction of sp³-hybridized carbons (Fsp3) is 0.286. The van der Waals surface area contributed by atoms with Gasteiger partial charge in [0.15, 0.2) is 11.6 Å². The second-order valence-corrected chi connectivity index (χ2v) is 8.20. The lowest BCUT2D eigenvalue weighted by molar-refractivity contribution is 0.123. The Hall–Kier alpha value is -3.50. The number of aryl methyl sites for hydroxylation is 1. The Morgan fingerprint density at radius 1 is 1.09 bits per heavy atom. The van der Waals surface area contributed by atoms with Crippen molar-refractivity contribution in [3.05, 3.63) is 53.5 Å². The van der Waals surface area contributed by atoms with E-state index in [2.05, 4.69) is 20.6 Å². The number of benzene rings is 2. The normalized spacial score (nSPS) is 14.5. The molecule has 0 amide bonds. The van der Waals surface area contributed by atoms with E-state index in [0.29, 0.717) is 11.6 Å². The molecule has 6 nitrogen and oxygen atoms in total. The SMILES string of the molecule is Cc1nnc2n1-c1c(cc(F)c(-c3cc(F)cc4c3cnn4CC(F)F)c1F)NC2(C)C. The summed E-state index contributed by atoms with van der Waals surface area (Å²) in [7, 11) is 0. The molecule has 32 heavy (non-hydrogen) atoms. The molecule has 11 heteroatoms.